The fourth-order valence-corrected chi connectivity index (χ4v) is 2.15. The summed E-state index contributed by atoms with van der Waals surface area (Å²) in [5, 5.41) is 7.32. The number of alkyl halides is 2. The lowest BCUT2D eigenvalue weighted by atomic mass is 10.0. The van der Waals surface area contributed by atoms with Gasteiger partial charge in [0.25, 0.3) is 12.3 Å². The van der Waals surface area contributed by atoms with Gasteiger partial charge in [0, 0.05) is 11.3 Å². The summed E-state index contributed by atoms with van der Waals surface area (Å²) in [4.78, 5) is 12.5. The van der Waals surface area contributed by atoms with E-state index < -0.39 is 82.0 Å². The number of carbonyl (C=O) groups excluding carboxylic acids is 1. The van der Waals surface area contributed by atoms with Crippen molar-refractivity contribution in [3.63, 3.8) is 0 Å². The summed E-state index contributed by atoms with van der Waals surface area (Å²) in [6.07, 6.45) is -2.32. The predicted molar refractivity (Wildman–Crippen MR) is 83.2 cm³/mol. The van der Waals surface area contributed by atoms with E-state index >= 15 is 0 Å². The Labute approximate surface area is 149 Å². The minimum atomic E-state index is -3.10. The number of carbonyl (C=O) groups is 1. The molecule has 2 N–H and O–H groups in total. The molecule has 3 aromatic rings. The van der Waals surface area contributed by atoms with Gasteiger partial charge in [-0.1, -0.05) is 18.1 Å². The highest BCUT2D eigenvalue weighted by molar-refractivity contribution is 6.06. The van der Waals surface area contributed by atoms with Gasteiger partial charge in [-0.3, -0.25) is 9.89 Å². The van der Waals surface area contributed by atoms with Crippen molar-refractivity contribution in [1.82, 2.24) is 10.2 Å². The van der Waals surface area contributed by atoms with Crippen molar-refractivity contribution in [2.24, 2.45) is 0 Å². The molecular weight excluding hydrogens is 357 g/mol. The number of nitrogens with zero attached hydrogens (tertiary/aromatic N) is 1. The van der Waals surface area contributed by atoms with Crippen LogP contribution in [0.2, 0.25) is 0 Å². The van der Waals surface area contributed by atoms with Gasteiger partial charge in [0.1, 0.15) is 5.69 Å². The highest BCUT2D eigenvalue weighted by Gasteiger charge is 2.22. The number of aromatic nitrogens is 2. The lowest BCUT2D eigenvalue weighted by Gasteiger charge is -2.12. The molecule has 0 unspecified atom stereocenters. The molecule has 2 aromatic carbocycles. The Bertz CT molecular complexity index is 1150. The summed E-state index contributed by atoms with van der Waals surface area (Å²) in [7, 11) is 0. The number of nitrogens with one attached hydrogen (secondary N) is 2. The van der Waals surface area contributed by atoms with E-state index in [1.807, 2.05) is 5.10 Å². The molecule has 1 aromatic heterocycles. The maximum absolute atomic E-state index is 13.7. The molecule has 0 bridgehead atoms. The van der Waals surface area contributed by atoms with Gasteiger partial charge >= 0.3 is 0 Å². The van der Waals surface area contributed by atoms with Crippen molar-refractivity contribution in [3.8, 4) is 11.1 Å². The second-order valence-electron chi connectivity index (χ2n) is 4.96. The van der Waals surface area contributed by atoms with Crippen LogP contribution in [-0.4, -0.2) is 16.1 Å². The highest BCUT2D eigenvalue weighted by Crippen LogP contribution is 2.31. The summed E-state index contributed by atoms with van der Waals surface area (Å²) in [5.74, 6) is -6.28. The summed E-state index contributed by atoms with van der Waals surface area (Å²) < 4.78 is 98.2. The van der Waals surface area contributed by atoms with E-state index in [0.717, 1.165) is 6.20 Å². The largest absolute Gasteiger partial charge is 0.321 e. The fourth-order valence-electron chi connectivity index (χ4n) is 2.15. The summed E-state index contributed by atoms with van der Waals surface area (Å²) >= 11 is 0. The Balaban J connectivity index is 2.22. The number of H-pyrrole nitrogens is 1. The van der Waals surface area contributed by atoms with Crippen molar-refractivity contribution in [3.05, 3.63) is 71.2 Å². The molecule has 0 fully saturated rings. The van der Waals surface area contributed by atoms with Crippen LogP contribution in [0.15, 0.2) is 42.5 Å². The van der Waals surface area contributed by atoms with Gasteiger partial charge in [0.2, 0.25) is 0 Å². The lowest BCUT2D eigenvalue weighted by molar-refractivity contribution is 0.101. The smallest absolute Gasteiger partial charge is 0.280 e. The molecule has 9 heteroatoms. The summed E-state index contributed by atoms with van der Waals surface area (Å²) in [6.45, 7) is 0. The normalized spacial score (nSPS) is 13.2. The predicted octanol–water partition coefficient (Wildman–Crippen LogP) is 4.68. The molecule has 0 aliphatic heterocycles. The second kappa shape index (κ2) is 6.95. The first-order valence-electron chi connectivity index (χ1n) is 8.92. The van der Waals surface area contributed by atoms with Crippen LogP contribution < -0.4 is 5.32 Å². The van der Waals surface area contributed by atoms with Gasteiger partial charge in [-0.05, 0) is 23.7 Å². The Kier molecular flexibility index (Phi) is 3.48. The van der Waals surface area contributed by atoms with Crippen molar-refractivity contribution in [1.29, 1.82) is 0 Å². The van der Waals surface area contributed by atoms with Crippen LogP contribution in [0.5, 0.6) is 0 Å². The molecule has 1 amide bonds. The van der Waals surface area contributed by atoms with E-state index in [4.69, 9.17) is 5.48 Å². The van der Waals surface area contributed by atoms with Crippen LogP contribution in [0, 0.1) is 17.5 Å². The third-order valence-electron chi connectivity index (χ3n) is 3.33. The Morgan fingerprint density at radius 2 is 1.81 bits per heavy atom. The minimum Gasteiger partial charge on any atom is -0.321 e. The fraction of sp³-hybridized carbons (Fsp3) is 0.0588. The topological polar surface area (TPSA) is 57.8 Å². The number of rotatable bonds is 4. The summed E-state index contributed by atoms with van der Waals surface area (Å²) in [6, 6.07) is -2.25. The van der Waals surface area contributed by atoms with Crippen LogP contribution in [0.25, 0.3) is 11.1 Å². The SMILES string of the molecule is [2H]c1c([2H])c([2H])c(-c2cc(F)c(F)c(F)c2)c(NC(=O)c2cn[nH]c2C(F)F)c1[2H]. The molecule has 0 atom stereocenters. The van der Waals surface area contributed by atoms with Gasteiger partial charge in [0.15, 0.2) is 17.5 Å². The van der Waals surface area contributed by atoms with E-state index in [1.165, 1.54) is 0 Å². The van der Waals surface area contributed by atoms with Crippen molar-refractivity contribution >= 4 is 11.6 Å². The standard InChI is InChI=1S/C17H10F5N3O/c18-11-5-8(6-12(19)14(11)20)9-3-1-2-4-13(9)24-17(26)10-7-23-25-15(10)16(21)22/h1-7,16H,(H,23,25)(H,24,26)/i1D,2D,3D,4D. The maximum Gasteiger partial charge on any atom is 0.280 e. The van der Waals surface area contributed by atoms with Crippen molar-refractivity contribution in [2.75, 3.05) is 5.32 Å². The Morgan fingerprint density at radius 1 is 1.15 bits per heavy atom. The first-order valence-corrected chi connectivity index (χ1v) is 6.92. The van der Waals surface area contributed by atoms with E-state index in [2.05, 4.69) is 10.4 Å². The third-order valence-corrected chi connectivity index (χ3v) is 3.33. The molecule has 0 aliphatic rings. The number of amides is 1. The molecule has 0 saturated heterocycles. The first-order chi connectivity index (χ1) is 14.0. The van der Waals surface area contributed by atoms with Gasteiger partial charge in [-0.15, -0.1) is 0 Å². The van der Waals surface area contributed by atoms with Crippen molar-refractivity contribution in [2.45, 2.75) is 6.43 Å². The minimum absolute atomic E-state index is 0.479. The molecule has 0 radical (unpaired) electrons. The third kappa shape index (κ3) is 3.28. The van der Waals surface area contributed by atoms with Gasteiger partial charge < -0.3 is 5.32 Å². The van der Waals surface area contributed by atoms with Gasteiger partial charge in [-0.2, -0.15) is 5.10 Å². The maximum atomic E-state index is 13.7. The number of halogens is 5. The zero-order chi connectivity index (χ0) is 22.3. The lowest BCUT2D eigenvalue weighted by Crippen LogP contribution is -2.14. The second-order valence-corrected chi connectivity index (χ2v) is 4.96. The molecule has 1 heterocycles. The molecule has 4 nitrogen and oxygen atoms in total. The van der Waals surface area contributed by atoms with Crippen LogP contribution >= 0.6 is 0 Å². The van der Waals surface area contributed by atoms with Gasteiger partial charge in [0.05, 0.1) is 17.2 Å². The number of hydrogen-bond acceptors (Lipinski definition) is 2. The van der Waals surface area contributed by atoms with Crippen molar-refractivity contribution < 1.29 is 32.2 Å². The van der Waals surface area contributed by atoms with Gasteiger partial charge in [-0.25, -0.2) is 22.0 Å². The summed E-state index contributed by atoms with van der Waals surface area (Å²) in [5.41, 5.74) is -3.16. The zero-order valence-electron chi connectivity index (χ0n) is 16.6. The Morgan fingerprint density at radius 3 is 2.46 bits per heavy atom. The monoisotopic (exact) mass is 371 g/mol. The number of aromatic amines is 1. The van der Waals surface area contributed by atoms with E-state index in [9.17, 15) is 26.7 Å². The molecule has 0 saturated carbocycles. The molecule has 134 valence electrons. The molecule has 0 spiro atoms. The number of anilines is 1. The molecule has 3 rings (SSSR count). The average Bonchev–Trinajstić information content (AvgIpc) is 3.19. The van der Waals surface area contributed by atoms with E-state index in [0.29, 0.717) is 12.1 Å². The first kappa shape index (κ1) is 13.0. The van der Waals surface area contributed by atoms with Crippen LogP contribution in [0.1, 0.15) is 28.0 Å². The van der Waals surface area contributed by atoms with E-state index in [1.54, 1.807) is 0 Å². The molecule has 26 heavy (non-hydrogen) atoms. The molecular formula is C17H10F5N3O. The number of hydrogen-bond donors (Lipinski definition) is 2. The number of para-hydroxylation sites is 1. The quantitative estimate of drug-likeness (QED) is 0.517. The van der Waals surface area contributed by atoms with Crippen LogP contribution in [-0.2, 0) is 0 Å². The number of benzene rings is 2. The van der Waals surface area contributed by atoms with Crippen LogP contribution in [0.4, 0.5) is 27.6 Å². The Hall–Kier alpha value is -3.23. The van der Waals surface area contributed by atoms with Crippen LogP contribution in [0.3, 0.4) is 0 Å². The van der Waals surface area contributed by atoms with E-state index in [-0.39, 0.29) is 0 Å². The zero-order valence-corrected chi connectivity index (χ0v) is 12.6. The highest BCUT2D eigenvalue weighted by atomic mass is 19.3. The average molecular weight is 371 g/mol. The molecule has 0 aliphatic carbocycles.